The molecule has 2 N–H and O–H groups in total. The lowest BCUT2D eigenvalue weighted by atomic mass is 10.1. The number of guanidine groups is 1. The highest BCUT2D eigenvalue weighted by Gasteiger charge is 2.23. The van der Waals surface area contributed by atoms with Gasteiger partial charge in [0.1, 0.15) is 0 Å². The van der Waals surface area contributed by atoms with Crippen LogP contribution in [-0.4, -0.2) is 52.4 Å². The van der Waals surface area contributed by atoms with Gasteiger partial charge in [0, 0.05) is 55.9 Å². The monoisotopic (exact) mass is 522 g/mol. The predicted molar refractivity (Wildman–Crippen MR) is 118 cm³/mol. The van der Waals surface area contributed by atoms with Gasteiger partial charge in [0.05, 0.1) is 6.61 Å². The number of hydrogen-bond donors (Lipinski definition) is 2. The molecule has 1 aromatic carbocycles. The molecule has 140 valence electrons. The first-order chi connectivity index (χ1) is 11.7. The van der Waals surface area contributed by atoms with Crippen LogP contribution < -0.4 is 15.5 Å². The van der Waals surface area contributed by atoms with Crippen LogP contribution in [-0.2, 0) is 4.74 Å². The second kappa shape index (κ2) is 10.6. The second-order valence-corrected chi connectivity index (χ2v) is 7.56. The number of rotatable bonds is 5. The Hall–Kier alpha value is -0.540. The smallest absolute Gasteiger partial charge is 0.190 e. The van der Waals surface area contributed by atoms with E-state index in [1.807, 2.05) is 7.05 Å². The van der Waals surface area contributed by atoms with Gasteiger partial charge in [-0.05, 0) is 37.0 Å². The normalized spacial score (nSPS) is 23.4. The first kappa shape index (κ1) is 20.8. The number of aliphatic imine (C=N–C) groups is 1. The fourth-order valence-electron chi connectivity index (χ4n) is 3.35. The van der Waals surface area contributed by atoms with Crippen LogP contribution in [0.5, 0.6) is 0 Å². The molecule has 0 amide bonds. The summed E-state index contributed by atoms with van der Waals surface area (Å²) >= 11 is 3.56. The maximum absolute atomic E-state index is 5.42. The molecule has 0 aliphatic carbocycles. The highest BCUT2D eigenvalue weighted by atomic mass is 127. The van der Waals surface area contributed by atoms with Crippen molar-refractivity contribution in [3.8, 4) is 0 Å². The lowest BCUT2D eigenvalue weighted by molar-refractivity contribution is 0.186. The third-order valence-electron chi connectivity index (χ3n) is 4.82. The van der Waals surface area contributed by atoms with Crippen molar-refractivity contribution in [2.45, 2.75) is 12.8 Å². The van der Waals surface area contributed by atoms with Crippen molar-refractivity contribution < 1.29 is 4.74 Å². The molecule has 2 saturated heterocycles. The van der Waals surface area contributed by atoms with E-state index >= 15 is 0 Å². The van der Waals surface area contributed by atoms with E-state index in [4.69, 9.17) is 4.74 Å². The zero-order valence-electron chi connectivity index (χ0n) is 14.7. The molecule has 0 spiro atoms. The average Bonchev–Trinajstić information content (AvgIpc) is 3.27. The highest BCUT2D eigenvalue weighted by molar-refractivity contribution is 14.0. The van der Waals surface area contributed by atoms with Crippen LogP contribution in [0.1, 0.15) is 12.8 Å². The zero-order chi connectivity index (χ0) is 16.8. The molecule has 2 aliphatic rings. The summed E-state index contributed by atoms with van der Waals surface area (Å²) < 4.78 is 6.56. The van der Waals surface area contributed by atoms with Gasteiger partial charge in [0.15, 0.2) is 5.96 Å². The molecule has 25 heavy (non-hydrogen) atoms. The fourth-order valence-corrected chi connectivity index (χ4v) is 3.74. The van der Waals surface area contributed by atoms with E-state index < -0.39 is 0 Å². The van der Waals surface area contributed by atoms with Crippen LogP contribution in [0, 0.1) is 11.8 Å². The standard InChI is InChI=1S/C18H27BrN4O.HI/c1-20-18(22-11-15-6-8-24-13-15)21-10-14-5-7-23(12-14)17-4-2-3-16(19)9-17;/h2-4,9,14-15H,5-8,10-13H2,1H3,(H2,20,21,22);1H. The number of halogens is 2. The maximum Gasteiger partial charge on any atom is 0.190 e. The largest absolute Gasteiger partial charge is 0.381 e. The lowest BCUT2D eigenvalue weighted by Crippen LogP contribution is -2.42. The van der Waals surface area contributed by atoms with Crippen molar-refractivity contribution in [3.05, 3.63) is 28.7 Å². The van der Waals surface area contributed by atoms with Crippen LogP contribution in [0.2, 0.25) is 0 Å². The van der Waals surface area contributed by atoms with Gasteiger partial charge < -0.3 is 20.3 Å². The van der Waals surface area contributed by atoms with E-state index in [9.17, 15) is 0 Å². The van der Waals surface area contributed by atoms with Crippen molar-refractivity contribution in [2.24, 2.45) is 16.8 Å². The molecule has 2 atom stereocenters. The predicted octanol–water partition coefficient (Wildman–Crippen LogP) is 3.09. The molecule has 2 heterocycles. The summed E-state index contributed by atoms with van der Waals surface area (Å²) in [7, 11) is 1.84. The summed E-state index contributed by atoms with van der Waals surface area (Å²) in [4.78, 5) is 6.79. The third kappa shape index (κ3) is 6.29. The number of nitrogens with one attached hydrogen (secondary N) is 2. The van der Waals surface area contributed by atoms with Gasteiger partial charge >= 0.3 is 0 Å². The summed E-state index contributed by atoms with van der Waals surface area (Å²) in [6.07, 6.45) is 2.36. The molecule has 0 radical (unpaired) electrons. The Balaban J connectivity index is 0.00000225. The molecular weight excluding hydrogens is 495 g/mol. The number of ether oxygens (including phenoxy) is 1. The lowest BCUT2D eigenvalue weighted by Gasteiger charge is -2.20. The zero-order valence-corrected chi connectivity index (χ0v) is 18.6. The van der Waals surface area contributed by atoms with Crippen LogP contribution in [0.15, 0.2) is 33.7 Å². The first-order valence-corrected chi connectivity index (χ1v) is 9.56. The Morgan fingerprint density at radius 3 is 2.76 bits per heavy atom. The fraction of sp³-hybridized carbons (Fsp3) is 0.611. The van der Waals surface area contributed by atoms with Gasteiger partial charge in [-0.15, -0.1) is 24.0 Å². The Bertz CT molecular complexity index is 566. The van der Waals surface area contributed by atoms with Crippen LogP contribution in [0.25, 0.3) is 0 Å². The van der Waals surface area contributed by atoms with E-state index in [0.717, 1.165) is 56.2 Å². The summed E-state index contributed by atoms with van der Waals surface area (Å²) in [6.45, 7) is 5.88. The van der Waals surface area contributed by atoms with E-state index in [-0.39, 0.29) is 24.0 Å². The Labute approximate surface area is 176 Å². The molecule has 1 aromatic rings. The number of anilines is 1. The van der Waals surface area contributed by atoms with Crippen LogP contribution in [0.4, 0.5) is 5.69 Å². The van der Waals surface area contributed by atoms with Gasteiger partial charge in [0.2, 0.25) is 0 Å². The SMILES string of the molecule is CN=C(NCC1CCOC1)NCC1CCN(c2cccc(Br)c2)C1.I. The minimum Gasteiger partial charge on any atom is -0.381 e. The van der Waals surface area contributed by atoms with Gasteiger partial charge in [0.25, 0.3) is 0 Å². The van der Waals surface area contributed by atoms with E-state index in [2.05, 4.69) is 60.7 Å². The van der Waals surface area contributed by atoms with E-state index in [1.165, 1.54) is 12.1 Å². The topological polar surface area (TPSA) is 48.9 Å². The number of nitrogens with zero attached hydrogens (tertiary/aromatic N) is 2. The molecular formula is C18H28BrIN4O. The molecule has 5 nitrogen and oxygen atoms in total. The Morgan fingerprint density at radius 2 is 2.08 bits per heavy atom. The summed E-state index contributed by atoms with van der Waals surface area (Å²) in [5, 5.41) is 6.91. The molecule has 2 aliphatic heterocycles. The van der Waals surface area contributed by atoms with Gasteiger partial charge in [-0.2, -0.15) is 0 Å². The van der Waals surface area contributed by atoms with Crippen molar-refractivity contribution in [2.75, 3.05) is 51.3 Å². The van der Waals surface area contributed by atoms with E-state index in [1.54, 1.807) is 0 Å². The number of benzene rings is 1. The second-order valence-electron chi connectivity index (χ2n) is 6.64. The Morgan fingerprint density at radius 1 is 1.28 bits per heavy atom. The van der Waals surface area contributed by atoms with Crippen molar-refractivity contribution in [3.63, 3.8) is 0 Å². The minimum absolute atomic E-state index is 0. The average molecular weight is 523 g/mol. The summed E-state index contributed by atoms with van der Waals surface area (Å²) in [5.41, 5.74) is 1.30. The first-order valence-electron chi connectivity index (χ1n) is 8.77. The Kier molecular flexibility index (Phi) is 8.78. The highest BCUT2D eigenvalue weighted by Crippen LogP contribution is 2.25. The van der Waals surface area contributed by atoms with Crippen LogP contribution in [0.3, 0.4) is 0 Å². The van der Waals surface area contributed by atoms with Crippen molar-refractivity contribution >= 4 is 51.6 Å². The van der Waals surface area contributed by atoms with Crippen LogP contribution >= 0.6 is 39.9 Å². The number of hydrogen-bond acceptors (Lipinski definition) is 3. The van der Waals surface area contributed by atoms with Gasteiger partial charge in [-0.25, -0.2) is 0 Å². The summed E-state index contributed by atoms with van der Waals surface area (Å²) in [6, 6.07) is 8.55. The minimum atomic E-state index is 0. The molecule has 0 bridgehead atoms. The van der Waals surface area contributed by atoms with Crippen molar-refractivity contribution in [1.29, 1.82) is 0 Å². The molecule has 0 aromatic heterocycles. The summed E-state index contributed by atoms with van der Waals surface area (Å²) in [5.74, 6) is 2.17. The third-order valence-corrected chi connectivity index (χ3v) is 5.32. The quantitative estimate of drug-likeness (QED) is 0.354. The van der Waals surface area contributed by atoms with E-state index in [0.29, 0.717) is 11.8 Å². The molecule has 2 fully saturated rings. The molecule has 0 saturated carbocycles. The van der Waals surface area contributed by atoms with Crippen molar-refractivity contribution in [1.82, 2.24) is 10.6 Å². The molecule has 7 heteroatoms. The molecule has 3 rings (SSSR count). The maximum atomic E-state index is 5.42. The van der Waals surface area contributed by atoms with Gasteiger partial charge in [-0.3, -0.25) is 4.99 Å². The molecule has 2 unspecified atom stereocenters. The van der Waals surface area contributed by atoms with Gasteiger partial charge in [-0.1, -0.05) is 22.0 Å².